The fourth-order valence-corrected chi connectivity index (χ4v) is 2.99. The van der Waals surface area contributed by atoms with E-state index in [1.165, 1.54) is 17.2 Å². The van der Waals surface area contributed by atoms with Gasteiger partial charge in [0.25, 0.3) is 5.91 Å². The van der Waals surface area contributed by atoms with Gasteiger partial charge in [-0.2, -0.15) is 0 Å². The summed E-state index contributed by atoms with van der Waals surface area (Å²) in [5, 5.41) is 5.63. The molecule has 0 fully saturated rings. The molecule has 0 radical (unpaired) electrons. The Morgan fingerprint density at radius 2 is 1.83 bits per heavy atom. The van der Waals surface area contributed by atoms with Crippen LogP contribution in [0.4, 0.5) is 0 Å². The first-order valence-electron chi connectivity index (χ1n) is 8.06. The Labute approximate surface area is 141 Å². The predicted molar refractivity (Wildman–Crippen MR) is 94.5 cm³/mol. The lowest BCUT2D eigenvalue weighted by molar-refractivity contribution is -0.117. The van der Waals surface area contributed by atoms with Gasteiger partial charge in [-0.1, -0.05) is 36.4 Å². The maximum absolute atomic E-state index is 12.1. The van der Waals surface area contributed by atoms with Crippen molar-refractivity contribution in [3.8, 4) is 0 Å². The van der Waals surface area contributed by atoms with Crippen molar-refractivity contribution in [2.75, 3.05) is 7.05 Å². The molecule has 0 spiro atoms. The second-order valence-electron chi connectivity index (χ2n) is 5.83. The van der Waals surface area contributed by atoms with E-state index in [0.29, 0.717) is 5.56 Å². The van der Waals surface area contributed by atoms with Crippen LogP contribution in [0.2, 0.25) is 0 Å². The van der Waals surface area contributed by atoms with E-state index in [9.17, 15) is 9.59 Å². The van der Waals surface area contributed by atoms with Crippen molar-refractivity contribution < 1.29 is 9.59 Å². The first-order valence-corrected chi connectivity index (χ1v) is 8.06. The summed E-state index contributed by atoms with van der Waals surface area (Å²) in [6, 6.07) is 15.4. The summed E-state index contributed by atoms with van der Waals surface area (Å²) in [5.74, 6) is -0.227. The minimum atomic E-state index is -0.122. The fraction of sp³-hybridized carbons (Fsp3) is 0.200. The molecular weight excluding hydrogens is 300 g/mol. The first kappa shape index (κ1) is 16.0. The molecule has 1 unspecified atom stereocenters. The van der Waals surface area contributed by atoms with Crippen molar-refractivity contribution in [3.05, 3.63) is 76.9 Å². The fourth-order valence-electron chi connectivity index (χ4n) is 2.99. The molecule has 4 heteroatoms. The maximum Gasteiger partial charge on any atom is 0.251 e. The number of aryl methyl sites for hydroxylation is 1. The highest BCUT2D eigenvalue weighted by molar-refractivity contribution is 5.95. The Morgan fingerprint density at radius 3 is 2.58 bits per heavy atom. The first-order chi connectivity index (χ1) is 11.7. The van der Waals surface area contributed by atoms with Gasteiger partial charge in [-0.15, -0.1) is 0 Å². The van der Waals surface area contributed by atoms with E-state index in [1.54, 1.807) is 25.3 Å². The summed E-state index contributed by atoms with van der Waals surface area (Å²) >= 11 is 0. The minimum Gasteiger partial charge on any atom is -0.355 e. The normalized spacial score (nSPS) is 16.0. The van der Waals surface area contributed by atoms with Crippen molar-refractivity contribution in [1.29, 1.82) is 0 Å². The van der Waals surface area contributed by atoms with Crippen LogP contribution in [0, 0.1) is 0 Å². The number of hydrogen-bond donors (Lipinski definition) is 2. The number of nitrogens with one attached hydrogen (secondary N) is 2. The Morgan fingerprint density at radius 1 is 1.08 bits per heavy atom. The third-order valence-corrected chi connectivity index (χ3v) is 4.28. The van der Waals surface area contributed by atoms with E-state index in [1.807, 2.05) is 24.3 Å². The van der Waals surface area contributed by atoms with Gasteiger partial charge in [-0.25, -0.2) is 0 Å². The van der Waals surface area contributed by atoms with Crippen LogP contribution in [0.5, 0.6) is 0 Å². The second kappa shape index (κ2) is 7.13. The third-order valence-electron chi connectivity index (χ3n) is 4.28. The van der Waals surface area contributed by atoms with Gasteiger partial charge < -0.3 is 10.6 Å². The molecule has 24 heavy (non-hydrogen) atoms. The van der Waals surface area contributed by atoms with E-state index in [2.05, 4.69) is 22.8 Å². The molecule has 0 bridgehead atoms. The third kappa shape index (κ3) is 3.54. The zero-order valence-electron chi connectivity index (χ0n) is 13.6. The second-order valence-corrected chi connectivity index (χ2v) is 5.83. The molecular formula is C20H20N2O2. The van der Waals surface area contributed by atoms with Crippen LogP contribution in [-0.2, 0) is 11.2 Å². The Hall–Kier alpha value is -2.88. The highest BCUT2D eigenvalue weighted by Gasteiger charge is 2.22. The number of carbonyl (C=O) groups excluding carboxylic acids is 2. The monoisotopic (exact) mass is 320 g/mol. The highest BCUT2D eigenvalue weighted by atomic mass is 16.2. The van der Waals surface area contributed by atoms with Crippen LogP contribution < -0.4 is 10.6 Å². The van der Waals surface area contributed by atoms with Gasteiger partial charge in [0.15, 0.2) is 0 Å². The zero-order valence-corrected chi connectivity index (χ0v) is 13.6. The number of amides is 2. The van der Waals surface area contributed by atoms with E-state index >= 15 is 0 Å². The average molecular weight is 320 g/mol. The van der Waals surface area contributed by atoms with Crippen molar-refractivity contribution in [1.82, 2.24) is 10.6 Å². The minimum absolute atomic E-state index is 0.0916. The average Bonchev–Trinajstić information content (AvgIpc) is 3.03. The van der Waals surface area contributed by atoms with E-state index in [4.69, 9.17) is 0 Å². The summed E-state index contributed by atoms with van der Waals surface area (Å²) < 4.78 is 0. The van der Waals surface area contributed by atoms with E-state index in [0.717, 1.165) is 18.4 Å². The predicted octanol–water partition coefficient (Wildman–Crippen LogP) is 2.86. The summed E-state index contributed by atoms with van der Waals surface area (Å²) in [4.78, 5) is 23.6. The molecule has 0 heterocycles. The molecule has 2 aromatic rings. The molecule has 3 rings (SSSR count). The van der Waals surface area contributed by atoms with Crippen molar-refractivity contribution in [2.24, 2.45) is 0 Å². The molecule has 122 valence electrons. The largest absolute Gasteiger partial charge is 0.355 e. The van der Waals surface area contributed by atoms with Gasteiger partial charge in [-0.05, 0) is 47.7 Å². The lowest BCUT2D eigenvalue weighted by Crippen LogP contribution is -2.25. The van der Waals surface area contributed by atoms with Gasteiger partial charge in [0, 0.05) is 18.7 Å². The van der Waals surface area contributed by atoms with E-state index in [-0.39, 0.29) is 17.9 Å². The summed E-state index contributed by atoms with van der Waals surface area (Å²) in [6.45, 7) is 0. The lowest BCUT2D eigenvalue weighted by atomic mass is 10.1. The summed E-state index contributed by atoms with van der Waals surface area (Å²) in [6.07, 6.45) is 5.24. The lowest BCUT2D eigenvalue weighted by Gasteiger charge is -2.12. The molecule has 0 aliphatic heterocycles. The number of rotatable bonds is 4. The van der Waals surface area contributed by atoms with Gasteiger partial charge in [0.1, 0.15) is 0 Å². The maximum atomic E-state index is 12.1. The molecule has 0 saturated carbocycles. The van der Waals surface area contributed by atoms with Crippen LogP contribution in [-0.4, -0.2) is 18.9 Å². The Balaban J connectivity index is 1.61. The number of fused-ring (bicyclic) bond motifs is 1. The molecule has 2 amide bonds. The van der Waals surface area contributed by atoms with Gasteiger partial charge in [0.2, 0.25) is 5.91 Å². The van der Waals surface area contributed by atoms with Crippen LogP contribution in [0.3, 0.4) is 0 Å². The molecule has 0 aromatic heterocycles. The molecule has 0 saturated heterocycles. The van der Waals surface area contributed by atoms with Gasteiger partial charge >= 0.3 is 0 Å². The van der Waals surface area contributed by atoms with Crippen LogP contribution in [0.25, 0.3) is 6.08 Å². The molecule has 2 aromatic carbocycles. The summed E-state index contributed by atoms with van der Waals surface area (Å²) in [5.41, 5.74) is 4.01. The van der Waals surface area contributed by atoms with Gasteiger partial charge in [-0.3, -0.25) is 9.59 Å². The molecule has 1 aliphatic rings. The zero-order chi connectivity index (χ0) is 16.9. The quantitative estimate of drug-likeness (QED) is 0.851. The standard InChI is InChI=1S/C20H20N2O2/c1-21-20(24)16-9-6-14(7-10-16)8-13-19(23)22-18-12-11-15-4-2-3-5-17(15)18/h2-10,13,18H,11-12H2,1H3,(H,21,24)(H,22,23)/b13-8+. The van der Waals surface area contributed by atoms with Crippen molar-refractivity contribution in [2.45, 2.75) is 18.9 Å². The van der Waals surface area contributed by atoms with E-state index < -0.39 is 0 Å². The molecule has 4 nitrogen and oxygen atoms in total. The molecule has 1 aliphatic carbocycles. The van der Waals surface area contributed by atoms with Crippen molar-refractivity contribution in [3.63, 3.8) is 0 Å². The van der Waals surface area contributed by atoms with Crippen LogP contribution >= 0.6 is 0 Å². The van der Waals surface area contributed by atoms with Crippen molar-refractivity contribution >= 4 is 17.9 Å². The number of carbonyl (C=O) groups is 2. The Kier molecular flexibility index (Phi) is 4.75. The number of hydrogen-bond acceptors (Lipinski definition) is 2. The van der Waals surface area contributed by atoms with Crippen LogP contribution in [0.1, 0.15) is 39.5 Å². The number of benzene rings is 2. The smallest absolute Gasteiger partial charge is 0.251 e. The van der Waals surface area contributed by atoms with Crippen LogP contribution in [0.15, 0.2) is 54.6 Å². The molecule has 1 atom stereocenters. The topological polar surface area (TPSA) is 58.2 Å². The summed E-state index contributed by atoms with van der Waals surface area (Å²) in [7, 11) is 1.60. The Bertz CT molecular complexity index is 778. The van der Waals surface area contributed by atoms with Gasteiger partial charge in [0.05, 0.1) is 6.04 Å². The molecule has 2 N–H and O–H groups in total. The SMILES string of the molecule is CNC(=O)c1ccc(/C=C/C(=O)NC2CCc3ccccc32)cc1. The highest BCUT2D eigenvalue weighted by Crippen LogP contribution is 2.30.